The Morgan fingerprint density at radius 3 is 2.24 bits per heavy atom. The Labute approximate surface area is 197 Å². The molecule has 0 bridgehead atoms. The molecule has 2 heterocycles. The molecule has 0 radical (unpaired) electrons. The molecule has 1 aromatic heterocycles. The summed E-state index contributed by atoms with van der Waals surface area (Å²) in [6.07, 6.45) is 0.661. The molecule has 1 aliphatic heterocycles. The van der Waals surface area contributed by atoms with Crippen LogP contribution >= 0.6 is 11.3 Å². The fourth-order valence-electron chi connectivity index (χ4n) is 4.41. The van der Waals surface area contributed by atoms with Gasteiger partial charge in [-0.25, -0.2) is 4.79 Å². The number of methoxy groups -OCH3 is 1. The van der Waals surface area contributed by atoms with Crippen molar-refractivity contribution in [1.29, 1.82) is 0 Å². The molecule has 0 saturated heterocycles. The van der Waals surface area contributed by atoms with Crippen molar-refractivity contribution in [3.8, 4) is 11.5 Å². The minimum Gasteiger partial charge on any atom is -0.465 e. The maximum absolute atomic E-state index is 13.0. The number of para-hydroxylation sites is 1. The molecule has 7 heteroatoms. The number of carbonyl (C=O) groups excluding carboxylic acids is 2. The standard InChI is InChI=1S/C26H28N2O4S/c1-25(2)15-19-20(24(30)31-5)23(33-21(19)26(3,4)28-25)27-22(29)16-11-13-18(14-12-16)32-17-9-7-6-8-10-17/h6-14,28H,15H2,1-5H3,(H,27,29). The second kappa shape index (κ2) is 8.65. The van der Waals surface area contributed by atoms with Crippen LogP contribution in [0.25, 0.3) is 0 Å². The summed E-state index contributed by atoms with van der Waals surface area (Å²) in [5.74, 6) is 0.619. The van der Waals surface area contributed by atoms with Crippen molar-refractivity contribution in [3.63, 3.8) is 0 Å². The average molecular weight is 465 g/mol. The SMILES string of the molecule is COC(=O)c1c(NC(=O)c2ccc(Oc3ccccc3)cc2)sc2c1CC(C)(C)NC2(C)C. The fraction of sp³-hybridized carbons (Fsp3) is 0.308. The topological polar surface area (TPSA) is 76.7 Å². The summed E-state index contributed by atoms with van der Waals surface area (Å²) in [6, 6.07) is 16.3. The molecule has 0 aliphatic carbocycles. The number of hydrogen-bond acceptors (Lipinski definition) is 6. The quantitative estimate of drug-likeness (QED) is 0.471. The van der Waals surface area contributed by atoms with Crippen LogP contribution in [0, 0.1) is 0 Å². The number of fused-ring (bicyclic) bond motifs is 1. The first kappa shape index (κ1) is 23.0. The first-order chi connectivity index (χ1) is 15.6. The first-order valence-electron chi connectivity index (χ1n) is 10.8. The monoisotopic (exact) mass is 464 g/mol. The van der Waals surface area contributed by atoms with Gasteiger partial charge in [-0.1, -0.05) is 18.2 Å². The lowest BCUT2D eigenvalue weighted by Crippen LogP contribution is -2.55. The Bertz CT molecular complexity index is 1180. The fourth-order valence-corrected chi connectivity index (χ4v) is 5.67. The molecule has 4 rings (SSSR count). The number of amides is 1. The zero-order chi connectivity index (χ0) is 23.8. The van der Waals surface area contributed by atoms with E-state index in [1.54, 1.807) is 24.3 Å². The van der Waals surface area contributed by atoms with Crippen molar-refractivity contribution in [2.75, 3.05) is 12.4 Å². The predicted molar refractivity (Wildman–Crippen MR) is 131 cm³/mol. The summed E-state index contributed by atoms with van der Waals surface area (Å²) in [5.41, 5.74) is 1.30. The molecule has 1 aliphatic rings. The number of nitrogens with one attached hydrogen (secondary N) is 2. The predicted octanol–water partition coefficient (Wildman–Crippen LogP) is 5.74. The number of ether oxygens (including phenoxy) is 2. The summed E-state index contributed by atoms with van der Waals surface area (Å²) < 4.78 is 10.9. The van der Waals surface area contributed by atoms with Gasteiger partial charge in [0.25, 0.3) is 5.91 Å². The first-order valence-corrected chi connectivity index (χ1v) is 11.6. The zero-order valence-corrected chi connectivity index (χ0v) is 20.3. The highest BCUT2D eigenvalue weighted by atomic mass is 32.1. The molecule has 1 amide bonds. The summed E-state index contributed by atoms with van der Waals surface area (Å²) in [4.78, 5) is 26.8. The molecule has 0 fully saturated rings. The van der Waals surface area contributed by atoms with Crippen LogP contribution in [0.4, 0.5) is 5.00 Å². The van der Waals surface area contributed by atoms with Crippen LogP contribution in [0.15, 0.2) is 54.6 Å². The van der Waals surface area contributed by atoms with E-state index < -0.39 is 5.97 Å². The van der Waals surface area contributed by atoms with Gasteiger partial charge < -0.3 is 20.1 Å². The van der Waals surface area contributed by atoms with Gasteiger partial charge in [-0.05, 0) is 76.1 Å². The highest BCUT2D eigenvalue weighted by Crippen LogP contribution is 2.45. The maximum Gasteiger partial charge on any atom is 0.341 e. The van der Waals surface area contributed by atoms with Gasteiger partial charge in [0.1, 0.15) is 16.5 Å². The second-order valence-corrected chi connectivity index (χ2v) is 10.3. The number of rotatable bonds is 5. The van der Waals surface area contributed by atoms with Crippen LogP contribution in [0.5, 0.6) is 11.5 Å². The minimum atomic E-state index is -0.442. The molecule has 0 spiro atoms. The van der Waals surface area contributed by atoms with Gasteiger partial charge in [0.05, 0.1) is 12.7 Å². The van der Waals surface area contributed by atoms with E-state index in [9.17, 15) is 9.59 Å². The van der Waals surface area contributed by atoms with E-state index in [0.717, 1.165) is 16.2 Å². The molecule has 0 saturated carbocycles. The van der Waals surface area contributed by atoms with Crippen LogP contribution in [-0.2, 0) is 16.7 Å². The van der Waals surface area contributed by atoms with Crippen LogP contribution in [-0.4, -0.2) is 24.5 Å². The number of hydrogen-bond donors (Lipinski definition) is 2. The third kappa shape index (κ3) is 4.79. The molecular formula is C26H28N2O4S. The van der Waals surface area contributed by atoms with E-state index in [1.165, 1.54) is 18.4 Å². The molecule has 33 heavy (non-hydrogen) atoms. The van der Waals surface area contributed by atoms with Crippen LogP contribution in [0.1, 0.15) is 58.9 Å². The van der Waals surface area contributed by atoms with Gasteiger partial charge >= 0.3 is 5.97 Å². The Balaban J connectivity index is 1.60. The average Bonchev–Trinajstić information content (AvgIpc) is 3.11. The van der Waals surface area contributed by atoms with Crippen LogP contribution < -0.4 is 15.4 Å². The van der Waals surface area contributed by atoms with Gasteiger partial charge in [-0.3, -0.25) is 4.79 Å². The van der Waals surface area contributed by atoms with Gasteiger partial charge in [0.15, 0.2) is 0 Å². The lowest BCUT2D eigenvalue weighted by molar-refractivity contribution is 0.0600. The van der Waals surface area contributed by atoms with Gasteiger partial charge in [0.2, 0.25) is 0 Å². The number of esters is 1. The largest absolute Gasteiger partial charge is 0.465 e. The lowest BCUT2D eigenvalue weighted by Gasteiger charge is -2.42. The Hall–Kier alpha value is -3.16. The molecular weight excluding hydrogens is 436 g/mol. The summed E-state index contributed by atoms with van der Waals surface area (Å²) in [5, 5.41) is 7.08. The Kier molecular flexibility index (Phi) is 6.03. The summed E-state index contributed by atoms with van der Waals surface area (Å²) in [7, 11) is 1.36. The molecule has 172 valence electrons. The molecule has 0 unspecified atom stereocenters. The zero-order valence-electron chi connectivity index (χ0n) is 19.4. The number of anilines is 1. The number of carbonyl (C=O) groups is 2. The molecule has 6 nitrogen and oxygen atoms in total. The van der Waals surface area contributed by atoms with Gasteiger partial charge in [-0.2, -0.15) is 0 Å². The van der Waals surface area contributed by atoms with E-state index in [0.29, 0.717) is 28.3 Å². The van der Waals surface area contributed by atoms with Gasteiger partial charge in [-0.15, -0.1) is 11.3 Å². The van der Waals surface area contributed by atoms with Crippen LogP contribution in [0.2, 0.25) is 0 Å². The van der Waals surface area contributed by atoms with Crippen molar-refractivity contribution >= 4 is 28.2 Å². The smallest absolute Gasteiger partial charge is 0.341 e. The van der Waals surface area contributed by atoms with E-state index in [-0.39, 0.29) is 17.0 Å². The van der Waals surface area contributed by atoms with Crippen molar-refractivity contribution in [2.24, 2.45) is 0 Å². The van der Waals surface area contributed by atoms with Crippen molar-refractivity contribution in [2.45, 2.75) is 45.2 Å². The van der Waals surface area contributed by atoms with Crippen LogP contribution in [0.3, 0.4) is 0 Å². The molecule has 2 aromatic carbocycles. The Morgan fingerprint density at radius 2 is 1.61 bits per heavy atom. The van der Waals surface area contributed by atoms with E-state index in [2.05, 4.69) is 38.3 Å². The second-order valence-electron chi connectivity index (χ2n) is 9.31. The molecule has 0 atom stereocenters. The van der Waals surface area contributed by atoms with Crippen molar-refractivity contribution in [1.82, 2.24) is 5.32 Å². The highest BCUT2D eigenvalue weighted by Gasteiger charge is 2.42. The van der Waals surface area contributed by atoms with Crippen molar-refractivity contribution < 1.29 is 19.1 Å². The van der Waals surface area contributed by atoms with E-state index in [1.807, 2.05) is 30.3 Å². The van der Waals surface area contributed by atoms with E-state index in [4.69, 9.17) is 9.47 Å². The molecule has 3 aromatic rings. The Morgan fingerprint density at radius 1 is 0.970 bits per heavy atom. The highest BCUT2D eigenvalue weighted by molar-refractivity contribution is 7.17. The summed E-state index contributed by atoms with van der Waals surface area (Å²) in [6.45, 7) is 8.38. The van der Waals surface area contributed by atoms with Crippen molar-refractivity contribution in [3.05, 3.63) is 76.2 Å². The minimum absolute atomic E-state index is 0.198. The molecule has 2 N–H and O–H groups in total. The lowest BCUT2D eigenvalue weighted by atomic mass is 9.81. The summed E-state index contributed by atoms with van der Waals surface area (Å²) >= 11 is 1.42. The van der Waals surface area contributed by atoms with Gasteiger partial charge in [0, 0.05) is 21.5 Å². The third-order valence-electron chi connectivity index (χ3n) is 5.56. The number of thiophene rings is 1. The third-order valence-corrected chi connectivity index (χ3v) is 7.03. The normalized spacial score (nSPS) is 15.9. The van der Waals surface area contributed by atoms with E-state index >= 15 is 0 Å². The number of benzene rings is 2. The maximum atomic E-state index is 13.0.